The fourth-order valence-electron chi connectivity index (χ4n) is 1.61. The number of hydrogen-bond acceptors (Lipinski definition) is 3. The highest BCUT2D eigenvalue weighted by atomic mass is 32.1. The summed E-state index contributed by atoms with van der Waals surface area (Å²) in [6, 6.07) is 4.86. The molecular formula is C12H21NOS. The molecule has 0 aromatic carbocycles. The van der Waals surface area contributed by atoms with Crippen molar-refractivity contribution >= 4 is 11.3 Å². The zero-order valence-electron chi connectivity index (χ0n) is 9.65. The second kappa shape index (κ2) is 6.99. The molecule has 1 heterocycles. The van der Waals surface area contributed by atoms with Crippen LogP contribution in [-0.4, -0.2) is 35.7 Å². The van der Waals surface area contributed by atoms with E-state index in [2.05, 4.69) is 36.3 Å². The van der Waals surface area contributed by atoms with Crippen molar-refractivity contribution in [3.05, 3.63) is 22.4 Å². The lowest BCUT2D eigenvalue weighted by atomic mass is 10.2. The summed E-state index contributed by atoms with van der Waals surface area (Å²) in [5.74, 6) is 0. The SMILES string of the molecule is CC(C)N(CCCO)CCc1cccs1. The minimum atomic E-state index is 0.294. The van der Waals surface area contributed by atoms with Gasteiger partial charge in [-0.15, -0.1) is 11.3 Å². The maximum absolute atomic E-state index is 8.82. The molecular weight excluding hydrogens is 206 g/mol. The predicted molar refractivity (Wildman–Crippen MR) is 66.4 cm³/mol. The van der Waals surface area contributed by atoms with Gasteiger partial charge in [0.1, 0.15) is 0 Å². The zero-order valence-corrected chi connectivity index (χ0v) is 10.5. The monoisotopic (exact) mass is 227 g/mol. The first-order valence-electron chi connectivity index (χ1n) is 5.61. The fraction of sp³-hybridized carbons (Fsp3) is 0.667. The molecule has 0 aliphatic carbocycles. The zero-order chi connectivity index (χ0) is 11.1. The minimum absolute atomic E-state index is 0.294. The van der Waals surface area contributed by atoms with Crippen molar-refractivity contribution in [1.82, 2.24) is 4.90 Å². The van der Waals surface area contributed by atoms with E-state index in [1.54, 1.807) is 0 Å². The Labute approximate surface area is 96.5 Å². The standard InChI is InChI=1S/C12H21NOS/c1-11(2)13(7-4-9-14)8-6-12-5-3-10-15-12/h3,5,10-11,14H,4,6-9H2,1-2H3. The Morgan fingerprint density at radius 2 is 2.20 bits per heavy atom. The van der Waals surface area contributed by atoms with E-state index < -0.39 is 0 Å². The van der Waals surface area contributed by atoms with Crippen molar-refractivity contribution in [3.63, 3.8) is 0 Å². The Balaban J connectivity index is 2.31. The van der Waals surface area contributed by atoms with Crippen LogP contribution in [0.3, 0.4) is 0 Å². The third kappa shape index (κ3) is 4.78. The highest BCUT2D eigenvalue weighted by Gasteiger charge is 2.08. The van der Waals surface area contributed by atoms with Crippen molar-refractivity contribution in [2.45, 2.75) is 32.7 Å². The molecule has 0 atom stereocenters. The van der Waals surface area contributed by atoms with E-state index in [0.29, 0.717) is 12.6 Å². The molecule has 0 aliphatic heterocycles. The second-order valence-electron chi connectivity index (χ2n) is 4.04. The second-order valence-corrected chi connectivity index (χ2v) is 5.07. The molecule has 1 N–H and O–H groups in total. The minimum Gasteiger partial charge on any atom is -0.396 e. The number of hydrogen-bond donors (Lipinski definition) is 1. The molecule has 1 aromatic rings. The van der Waals surface area contributed by atoms with Gasteiger partial charge in [0.15, 0.2) is 0 Å². The van der Waals surface area contributed by atoms with Crippen LogP contribution in [0.25, 0.3) is 0 Å². The van der Waals surface area contributed by atoms with Gasteiger partial charge in [-0.3, -0.25) is 0 Å². The van der Waals surface area contributed by atoms with Gasteiger partial charge < -0.3 is 10.0 Å². The lowest BCUT2D eigenvalue weighted by Gasteiger charge is -2.25. The van der Waals surface area contributed by atoms with E-state index >= 15 is 0 Å². The normalized spacial score (nSPS) is 11.5. The molecule has 0 spiro atoms. The van der Waals surface area contributed by atoms with Gasteiger partial charge in [0.05, 0.1) is 0 Å². The largest absolute Gasteiger partial charge is 0.396 e. The molecule has 0 saturated carbocycles. The topological polar surface area (TPSA) is 23.5 Å². The van der Waals surface area contributed by atoms with Crippen LogP contribution >= 0.6 is 11.3 Å². The Kier molecular flexibility index (Phi) is 5.91. The lowest BCUT2D eigenvalue weighted by molar-refractivity contribution is 0.194. The summed E-state index contributed by atoms with van der Waals surface area (Å²) in [4.78, 5) is 3.88. The molecule has 1 rings (SSSR count). The molecule has 0 aliphatic rings. The van der Waals surface area contributed by atoms with Crippen LogP contribution < -0.4 is 0 Å². The van der Waals surface area contributed by atoms with Crippen LogP contribution in [0.4, 0.5) is 0 Å². The average Bonchev–Trinajstić information content (AvgIpc) is 2.70. The van der Waals surface area contributed by atoms with Crippen molar-refractivity contribution in [1.29, 1.82) is 0 Å². The number of thiophene rings is 1. The van der Waals surface area contributed by atoms with Crippen LogP contribution in [-0.2, 0) is 6.42 Å². The Morgan fingerprint density at radius 1 is 1.40 bits per heavy atom. The van der Waals surface area contributed by atoms with E-state index in [4.69, 9.17) is 5.11 Å². The third-order valence-electron chi connectivity index (χ3n) is 2.56. The van der Waals surface area contributed by atoms with Gasteiger partial charge in [0.2, 0.25) is 0 Å². The highest BCUT2D eigenvalue weighted by molar-refractivity contribution is 7.09. The van der Waals surface area contributed by atoms with Gasteiger partial charge in [-0.1, -0.05) is 6.07 Å². The Hall–Kier alpha value is -0.380. The summed E-state index contributed by atoms with van der Waals surface area (Å²) >= 11 is 1.82. The van der Waals surface area contributed by atoms with E-state index in [-0.39, 0.29) is 0 Å². The molecule has 2 nitrogen and oxygen atoms in total. The van der Waals surface area contributed by atoms with Gasteiger partial charge in [0.25, 0.3) is 0 Å². The maximum atomic E-state index is 8.82. The quantitative estimate of drug-likeness (QED) is 0.773. The predicted octanol–water partition coefficient (Wildman–Crippen LogP) is 2.38. The van der Waals surface area contributed by atoms with Crippen LogP contribution in [0.2, 0.25) is 0 Å². The Morgan fingerprint density at radius 3 is 2.73 bits per heavy atom. The van der Waals surface area contributed by atoms with Gasteiger partial charge >= 0.3 is 0 Å². The fourth-order valence-corrected chi connectivity index (χ4v) is 2.31. The molecule has 3 heteroatoms. The van der Waals surface area contributed by atoms with Crippen molar-refractivity contribution in [3.8, 4) is 0 Å². The first-order valence-corrected chi connectivity index (χ1v) is 6.49. The summed E-state index contributed by atoms with van der Waals surface area (Å²) in [6.07, 6.45) is 2.00. The number of rotatable bonds is 7. The van der Waals surface area contributed by atoms with Gasteiger partial charge in [-0.2, -0.15) is 0 Å². The molecule has 0 bridgehead atoms. The summed E-state index contributed by atoms with van der Waals surface area (Å²) < 4.78 is 0. The third-order valence-corrected chi connectivity index (χ3v) is 3.50. The molecule has 1 aromatic heterocycles. The van der Waals surface area contributed by atoms with Crippen molar-refractivity contribution in [2.75, 3.05) is 19.7 Å². The van der Waals surface area contributed by atoms with E-state index in [0.717, 1.165) is 25.9 Å². The Bertz CT molecular complexity index is 246. The summed E-state index contributed by atoms with van der Waals surface area (Å²) in [5.41, 5.74) is 0. The van der Waals surface area contributed by atoms with E-state index in [9.17, 15) is 0 Å². The van der Waals surface area contributed by atoms with Gasteiger partial charge in [0, 0.05) is 30.6 Å². The summed E-state index contributed by atoms with van der Waals surface area (Å²) in [6.45, 7) is 6.82. The molecule has 15 heavy (non-hydrogen) atoms. The van der Waals surface area contributed by atoms with Crippen LogP contribution in [0.5, 0.6) is 0 Å². The molecule has 0 unspecified atom stereocenters. The average molecular weight is 227 g/mol. The van der Waals surface area contributed by atoms with Crippen molar-refractivity contribution < 1.29 is 5.11 Å². The molecule has 0 fully saturated rings. The van der Waals surface area contributed by atoms with Crippen LogP contribution in [0, 0.1) is 0 Å². The molecule has 86 valence electrons. The highest BCUT2D eigenvalue weighted by Crippen LogP contribution is 2.11. The molecule has 0 radical (unpaired) electrons. The number of nitrogens with zero attached hydrogens (tertiary/aromatic N) is 1. The van der Waals surface area contributed by atoms with Crippen LogP contribution in [0.15, 0.2) is 17.5 Å². The first kappa shape index (κ1) is 12.7. The summed E-state index contributed by atoms with van der Waals surface area (Å²) in [7, 11) is 0. The van der Waals surface area contributed by atoms with Crippen molar-refractivity contribution in [2.24, 2.45) is 0 Å². The first-order chi connectivity index (χ1) is 7.24. The van der Waals surface area contributed by atoms with E-state index in [1.165, 1.54) is 4.88 Å². The summed E-state index contributed by atoms with van der Waals surface area (Å²) in [5, 5.41) is 11.0. The molecule has 0 saturated heterocycles. The smallest absolute Gasteiger partial charge is 0.0443 e. The van der Waals surface area contributed by atoms with E-state index in [1.807, 2.05) is 11.3 Å². The lowest BCUT2D eigenvalue weighted by Crippen LogP contribution is -2.34. The van der Waals surface area contributed by atoms with Gasteiger partial charge in [-0.05, 0) is 38.1 Å². The molecule has 0 amide bonds. The van der Waals surface area contributed by atoms with Crippen LogP contribution in [0.1, 0.15) is 25.1 Å². The number of aliphatic hydroxyl groups excluding tert-OH is 1. The maximum Gasteiger partial charge on any atom is 0.0443 e. The van der Waals surface area contributed by atoms with Gasteiger partial charge in [-0.25, -0.2) is 0 Å². The number of aliphatic hydroxyl groups is 1.